The molecule has 0 saturated carbocycles. The fourth-order valence-electron chi connectivity index (χ4n) is 2.90. The van der Waals surface area contributed by atoms with Gasteiger partial charge in [0.25, 0.3) is 0 Å². The molecule has 0 bridgehead atoms. The number of fused-ring (bicyclic) bond motifs is 1. The van der Waals surface area contributed by atoms with Gasteiger partial charge < -0.3 is 4.74 Å². The molecule has 0 fully saturated rings. The number of para-hydroxylation sites is 1. The van der Waals surface area contributed by atoms with Gasteiger partial charge in [0.2, 0.25) is 0 Å². The number of methoxy groups -OCH3 is 1. The summed E-state index contributed by atoms with van der Waals surface area (Å²) in [6, 6.07) is 20.4. The summed E-state index contributed by atoms with van der Waals surface area (Å²) in [6.07, 6.45) is 2.08. The lowest BCUT2D eigenvalue weighted by molar-refractivity contribution is 0.416. The van der Waals surface area contributed by atoms with Crippen LogP contribution in [0.4, 0.5) is 0 Å². The van der Waals surface area contributed by atoms with E-state index in [0.29, 0.717) is 0 Å². The van der Waals surface area contributed by atoms with E-state index in [0.717, 1.165) is 28.3 Å². The van der Waals surface area contributed by atoms with Crippen LogP contribution in [0.15, 0.2) is 66.9 Å². The van der Waals surface area contributed by atoms with Gasteiger partial charge in [0.15, 0.2) is 11.5 Å². The molecule has 0 amide bonds. The van der Waals surface area contributed by atoms with Gasteiger partial charge in [0.1, 0.15) is 5.75 Å². The van der Waals surface area contributed by atoms with Gasteiger partial charge in [-0.1, -0.05) is 42.0 Å². The van der Waals surface area contributed by atoms with Gasteiger partial charge in [-0.3, -0.25) is 4.40 Å². The molecule has 0 atom stereocenters. The summed E-state index contributed by atoms with van der Waals surface area (Å²) in [5, 5.41) is 8.64. The molecule has 4 rings (SSSR count). The number of ether oxygens (including phenoxy) is 1. The van der Waals surface area contributed by atoms with E-state index in [4.69, 9.17) is 4.74 Å². The smallest absolute Gasteiger partial charge is 0.172 e. The number of hydrogen-bond donors (Lipinski definition) is 0. The summed E-state index contributed by atoms with van der Waals surface area (Å²) in [5.74, 6) is 1.56. The van der Waals surface area contributed by atoms with Crippen LogP contribution in [0.1, 0.15) is 5.56 Å². The first-order valence-electron chi connectivity index (χ1n) is 7.81. The molecule has 0 saturated heterocycles. The van der Waals surface area contributed by atoms with Crippen molar-refractivity contribution >= 4 is 5.65 Å². The average molecular weight is 315 g/mol. The van der Waals surface area contributed by atoms with Crippen LogP contribution in [0.25, 0.3) is 28.2 Å². The highest BCUT2D eigenvalue weighted by Gasteiger charge is 2.13. The first-order valence-corrected chi connectivity index (χ1v) is 7.81. The highest BCUT2D eigenvalue weighted by molar-refractivity contribution is 5.70. The summed E-state index contributed by atoms with van der Waals surface area (Å²) in [4.78, 5) is 0. The fraction of sp³-hybridized carbons (Fsp3) is 0.100. The van der Waals surface area contributed by atoms with Crippen LogP contribution < -0.4 is 4.74 Å². The van der Waals surface area contributed by atoms with Gasteiger partial charge >= 0.3 is 0 Å². The van der Waals surface area contributed by atoms with Gasteiger partial charge in [-0.05, 0) is 42.3 Å². The van der Waals surface area contributed by atoms with Crippen LogP contribution in [0.3, 0.4) is 0 Å². The third-order valence-corrected chi connectivity index (χ3v) is 4.10. The van der Waals surface area contributed by atoms with Crippen LogP contribution in [-0.4, -0.2) is 21.7 Å². The summed E-state index contributed by atoms with van der Waals surface area (Å²) >= 11 is 0. The zero-order valence-electron chi connectivity index (χ0n) is 13.6. The lowest BCUT2D eigenvalue weighted by Crippen LogP contribution is -1.94. The van der Waals surface area contributed by atoms with E-state index in [1.54, 1.807) is 7.11 Å². The lowest BCUT2D eigenvalue weighted by atomic mass is 10.1. The van der Waals surface area contributed by atoms with Crippen molar-refractivity contribution in [2.75, 3.05) is 7.11 Å². The predicted molar refractivity (Wildman–Crippen MR) is 95.1 cm³/mol. The Morgan fingerprint density at radius 3 is 2.58 bits per heavy atom. The highest BCUT2D eigenvalue weighted by atomic mass is 16.5. The Bertz CT molecular complexity index is 1020. The topological polar surface area (TPSA) is 39.4 Å². The number of aryl methyl sites for hydroxylation is 1. The largest absolute Gasteiger partial charge is 0.496 e. The van der Waals surface area contributed by atoms with Crippen molar-refractivity contribution in [3.8, 4) is 28.3 Å². The molecular weight excluding hydrogens is 298 g/mol. The van der Waals surface area contributed by atoms with Crippen molar-refractivity contribution in [1.29, 1.82) is 0 Å². The van der Waals surface area contributed by atoms with Crippen molar-refractivity contribution in [3.63, 3.8) is 0 Å². The molecular formula is C20H17N3O. The zero-order chi connectivity index (χ0) is 16.5. The Morgan fingerprint density at radius 1 is 0.875 bits per heavy atom. The number of nitrogens with zero attached hydrogens (tertiary/aromatic N) is 3. The first kappa shape index (κ1) is 14.5. The summed E-state index contributed by atoms with van der Waals surface area (Å²) < 4.78 is 7.48. The molecule has 0 aliphatic heterocycles. The van der Waals surface area contributed by atoms with Gasteiger partial charge in [-0.15, -0.1) is 10.2 Å². The Hall–Kier alpha value is -3.14. The number of benzene rings is 2. The molecule has 2 aromatic carbocycles. The van der Waals surface area contributed by atoms with Crippen LogP contribution in [0.2, 0.25) is 0 Å². The molecule has 0 radical (unpaired) electrons. The zero-order valence-corrected chi connectivity index (χ0v) is 13.6. The summed E-state index contributed by atoms with van der Waals surface area (Å²) in [7, 11) is 1.67. The maximum atomic E-state index is 5.47. The molecule has 4 nitrogen and oxygen atoms in total. The van der Waals surface area contributed by atoms with E-state index in [2.05, 4.69) is 53.6 Å². The van der Waals surface area contributed by atoms with Crippen molar-refractivity contribution in [1.82, 2.24) is 14.6 Å². The third kappa shape index (κ3) is 2.42. The molecule has 0 spiro atoms. The summed E-state index contributed by atoms with van der Waals surface area (Å²) in [5.41, 5.74) is 5.28. The molecule has 0 unspecified atom stereocenters. The molecule has 4 aromatic rings. The van der Waals surface area contributed by atoms with Gasteiger partial charge in [-0.2, -0.15) is 0 Å². The van der Waals surface area contributed by atoms with Crippen LogP contribution in [0, 0.1) is 6.92 Å². The number of pyridine rings is 1. The van der Waals surface area contributed by atoms with E-state index >= 15 is 0 Å². The Kier molecular flexibility index (Phi) is 3.50. The second-order valence-corrected chi connectivity index (χ2v) is 5.74. The van der Waals surface area contributed by atoms with E-state index < -0.39 is 0 Å². The van der Waals surface area contributed by atoms with Crippen molar-refractivity contribution in [3.05, 3.63) is 72.4 Å². The maximum absolute atomic E-state index is 5.47. The fourth-order valence-corrected chi connectivity index (χ4v) is 2.90. The molecule has 0 aliphatic rings. The standard InChI is InChI=1S/C20H17N3O/c1-14-6-5-7-15(12-14)16-10-11-19-21-22-20(23(19)13-16)17-8-3-4-9-18(17)24-2/h3-13H,1-2H3. The molecule has 0 N–H and O–H groups in total. The second kappa shape index (κ2) is 5.81. The first-order chi connectivity index (χ1) is 11.8. The molecule has 24 heavy (non-hydrogen) atoms. The van der Waals surface area contributed by atoms with Gasteiger partial charge in [0.05, 0.1) is 12.7 Å². The Labute approximate surface area is 140 Å². The number of rotatable bonds is 3. The van der Waals surface area contributed by atoms with E-state index in [-0.39, 0.29) is 0 Å². The lowest BCUT2D eigenvalue weighted by Gasteiger charge is -2.08. The minimum Gasteiger partial charge on any atom is -0.496 e. The minimum atomic E-state index is 0.775. The van der Waals surface area contributed by atoms with E-state index in [1.165, 1.54) is 11.1 Å². The second-order valence-electron chi connectivity index (χ2n) is 5.74. The summed E-state index contributed by atoms with van der Waals surface area (Å²) in [6.45, 7) is 2.10. The van der Waals surface area contributed by atoms with Gasteiger partial charge in [0, 0.05) is 6.20 Å². The van der Waals surface area contributed by atoms with Crippen LogP contribution in [-0.2, 0) is 0 Å². The van der Waals surface area contributed by atoms with E-state index in [1.807, 2.05) is 34.7 Å². The Balaban J connectivity index is 1.91. The monoisotopic (exact) mass is 315 g/mol. The minimum absolute atomic E-state index is 0.775. The Morgan fingerprint density at radius 2 is 1.75 bits per heavy atom. The quantitative estimate of drug-likeness (QED) is 0.563. The SMILES string of the molecule is COc1ccccc1-c1nnc2ccc(-c3cccc(C)c3)cn12. The number of hydrogen-bond acceptors (Lipinski definition) is 3. The molecule has 2 heterocycles. The number of aromatic nitrogens is 3. The van der Waals surface area contributed by atoms with E-state index in [9.17, 15) is 0 Å². The molecule has 4 heteroatoms. The maximum Gasteiger partial charge on any atom is 0.172 e. The van der Waals surface area contributed by atoms with Crippen LogP contribution in [0.5, 0.6) is 5.75 Å². The highest BCUT2D eigenvalue weighted by Crippen LogP contribution is 2.29. The van der Waals surface area contributed by atoms with Crippen LogP contribution >= 0.6 is 0 Å². The average Bonchev–Trinajstić information content (AvgIpc) is 3.04. The molecule has 2 aromatic heterocycles. The molecule has 0 aliphatic carbocycles. The van der Waals surface area contributed by atoms with Crippen molar-refractivity contribution in [2.45, 2.75) is 6.92 Å². The van der Waals surface area contributed by atoms with Crippen molar-refractivity contribution < 1.29 is 4.74 Å². The van der Waals surface area contributed by atoms with Crippen molar-refractivity contribution in [2.24, 2.45) is 0 Å². The molecule has 118 valence electrons. The van der Waals surface area contributed by atoms with Gasteiger partial charge in [-0.25, -0.2) is 0 Å². The predicted octanol–water partition coefficient (Wildman–Crippen LogP) is 4.38. The normalized spacial score (nSPS) is 10.9. The third-order valence-electron chi connectivity index (χ3n) is 4.10.